The van der Waals surface area contributed by atoms with E-state index in [0.29, 0.717) is 13.1 Å². The van der Waals surface area contributed by atoms with Crippen LogP contribution in [0.15, 0.2) is 42.9 Å². The molecule has 3 aromatic rings. The standard InChI is InChI=1S/C21H23F2N7O/c1-28-14-17(19(27-28)16-4-3-15(22)13-18(16)23)20(31)24-7-8-29-9-11-30(12-10-29)21-25-5-2-6-26-21/h2-6,13-14H,7-12H2,1H3,(H,24,31). The minimum absolute atomic E-state index is 0.0893. The lowest BCUT2D eigenvalue weighted by Crippen LogP contribution is -2.49. The summed E-state index contributed by atoms with van der Waals surface area (Å²) in [5, 5.41) is 7.07. The largest absolute Gasteiger partial charge is 0.351 e. The third-order valence-electron chi connectivity index (χ3n) is 5.18. The monoisotopic (exact) mass is 427 g/mol. The van der Waals surface area contributed by atoms with Crippen LogP contribution in [0.5, 0.6) is 0 Å². The Labute approximate surface area is 178 Å². The molecule has 4 rings (SSSR count). The van der Waals surface area contributed by atoms with Gasteiger partial charge in [-0.3, -0.25) is 14.4 Å². The van der Waals surface area contributed by atoms with Crippen molar-refractivity contribution in [1.82, 2.24) is 30.0 Å². The SMILES string of the molecule is Cn1cc(C(=O)NCCN2CCN(c3ncccn3)CC2)c(-c2ccc(F)cc2F)n1. The molecule has 162 valence electrons. The van der Waals surface area contributed by atoms with Crippen molar-refractivity contribution in [2.24, 2.45) is 7.05 Å². The number of piperazine rings is 1. The zero-order valence-corrected chi connectivity index (χ0v) is 17.1. The van der Waals surface area contributed by atoms with Crippen molar-refractivity contribution in [1.29, 1.82) is 0 Å². The minimum atomic E-state index is -0.756. The molecule has 1 aliphatic rings. The number of halogens is 2. The highest BCUT2D eigenvalue weighted by Gasteiger charge is 2.21. The maximum atomic E-state index is 14.2. The number of anilines is 1. The first-order valence-corrected chi connectivity index (χ1v) is 10.0. The Kier molecular flexibility index (Phi) is 6.17. The fraction of sp³-hybridized carbons (Fsp3) is 0.333. The van der Waals surface area contributed by atoms with Crippen LogP contribution < -0.4 is 10.2 Å². The van der Waals surface area contributed by atoms with Crippen molar-refractivity contribution in [3.63, 3.8) is 0 Å². The molecular formula is C21H23F2N7O. The summed E-state index contributed by atoms with van der Waals surface area (Å²) in [6.45, 7) is 4.44. The van der Waals surface area contributed by atoms with Crippen LogP contribution in [0.2, 0.25) is 0 Å². The van der Waals surface area contributed by atoms with E-state index in [1.165, 1.54) is 16.9 Å². The fourth-order valence-corrected chi connectivity index (χ4v) is 3.58. The van der Waals surface area contributed by atoms with E-state index in [0.717, 1.165) is 44.3 Å². The number of aryl methyl sites for hydroxylation is 1. The number of aromatic nitrogens is 4. The van der Waals surface area contributed by atoms with Crippen LogP contribution in [0, 0.1) is 11.6 Å². The third kappa shape index (κ3) is 4.85. The van der Waals surface area contributed by atoms with Gasteiger partial charge in [-0.05, 0) is 18.2 Å². The molecule has 0 radical (unpaired) electrons. The second-order valence-corrected chi connectivity index (χ2v) is 7.32. The Morgan fingerprint density at radius 2 is 1.87 bits per heavy atom. The van der Waals surface area contributed by atoms with E-state index in [1.807, 2.05) is 0 Å². The van der Waals surface area contributed by atoms with Crippen LogP contribution >= 0.6 is 0 Å². The molecule has 2 aromatic heterocycles. The smallest absolute Gasteiger partial charge is 0.255 e. The number of carbonyl (C=O) groups excluding carboxylic acids is 1. The summed E-state index contributed by atoms with van der Waals surface area (Å²) in [5.41, 5.74) is 0.527. The van der Waals surface area contributed by atoms with Gasteiger partial charge >= 0.3 is 0 Å². The number of hydrogen-bond acceptors (Lipinski definition) is 6. The molecule has 0 saturated carbocycles. The normalized spacial score (nSPS) is 14.6. The molecule has 1 amide bonds. The third-order valence-corrected chi connectivity index (χ3v) is 5.18. The van der Waals surface area contributed by atoms with Crippen LogP contribution in [0.1, 0.15) is 10.4 Å². The number of rotatable bonds is 6. The molecule has 0 spiro atoms. The minimum Gasteiger partial charge on any atom is -0.351 e. The Balaban J connectivity index is 1.32. The molecular weight excluding hydrogens is 404 g/mol. The van der Waals surface area contributed by atoms with Crippen LogP contribution in [-0.2, 0) is 7.05 Å². The zero-order valence-electron chi connectivity index (χ0n) is 17.1. The average molecular weight is 427 g/mol. The first-order chi connectivity index (χ1) is 15.0. The number of carbonyl (C=O) groups is 1. The van der Waals surface area contributed by atoms with Gasteiger partial charge in [0.15, 0.2) is 0 Å². The maximum absolute atomic E-state index is 14.2. The summed E-state index contributed by atoms with van der Waals surface area (Å²) in [5.74, 6) is -1.05. The number of amides is 1. The van der Waals surface area contributed by atoms with Gasteiger partial charge < -0.3 is 10.2 Å². The molecule has 1 aromatic carbocycles. The predicted octanol–water partition coefficient (Wildman–Crippen LogP) is 1.71. The highest BCUT2D eigenvalue weighted by Crippen LogP contribution is 2.25. The van der Waals surface area contributed by atoms with Crippen molar-refractivity contribution in [2.75, 3.05) is 44.2 Å². The second-order valence-electron chi connectivity index (χ2n) is 7.32. The zero-order chi connectivity index (χ0) is 21.8. The van der Waals surface area contributed by atoms with Gasteiger partial charge in [0, 0.05) is 76.5 Å². The molecule has 1 aliphatic heterocycles. The lowest BCUT2D eigenvalue weighted by molar-refractivity contribution is 0.0948. The fourth-order valence-electron chi connectivity index (χ4n) is 3.58. The molecule has 3 heterocycles. The van der Waals surface area contributed by atoms with Crippen molar-refractivity contribution >= 4 is 11.9 Å². The Bertz CT molecular complexity index is 1050. The van der Waals surface area contributed by atoms with E-state index in [9.17, 15) is 13.6 Å². The van der Waals surface area contributed by atoms with E-state index < -0.39 is 11.6 Å². The number of hydrogen-bond donors (Lipinski definition) is 1. The molecule has 0 aliphatic carbocycles. The van der Waals surface area contributed by atoms with E-state index >= 15 is 0 Å². The molecule has 0 bridgehead atoms. The van der Waals surface area contributed by atoms with Crippen LogP contribution in [0.25, 0.3) is 11.3 Å². The topological polar surface area (TPSA) is 79.2 Å². The van der Waals surface area contributed by atoms with Gasteiger partial charge in [0.1, 0.15) is 17.3 Å². The van der Waals surface area contributed by atoms with Gasteiger partial charge in [0.05, 0.1) is 5.56 Å². The summed E-state index contributed by atoms with van der Waals surface area (Å²) >= 11 is 0. The van der Waals surface area contributed by atoms with Crippen LogP contribution in [0.4, 0.5) is 14.7 Å². The van der Waals surface area contributed by atoms with Gasteiger partial charge in [0.2, 0.25) is 5.95 Å². The number of nitrogens with one attached hydrogen (secondary N) is 1. The highest BCUT2D eigenvalue weighted by molar-refractivity contribution is 5.99. The first kappa shape index (κ1) is 20.9. The summed E-state index contributed by atoms with van der Waals surface area (Å²) in [7, 11) is 1.65. The summed E-state index contributed by atoms with van der Waals surface area (Å²) in [4.78, 5) is 25.6. The molecule has 1 N–H and O–H groups in total. The van der Waals surface area contributed by atoms with Crippen molar-refractivity contribution < 1.29 is 13.6 Å². The van der Waals surface area contributed by atoms with Crippen molar-refractivity contribution in [2.45, 2.75) is 0 Å². The molecule has 8 nitrogen and oxygen atoms in total. The van der Waals surface area contributed by atoms with Crippen molar-refractivity contribution in [3.05, 3.63) is 60.1 Å². The van der Waals surface area contributed by atoms with Gasteiger partial charge in [-0.2, -0.15) is 5.10 Å². The Morgan fingerprint density at radius 3 is 2.58 bits per heavy atom. The van der Waals surface area contributed by atoms with Crippen LogP contribution in [0.3, 0.4) is 0 Å². The summed E-state index contributed by atoms with van der Waals surface area (Å²) in [6.07, 6.45) is 5.00. The quantitative estimate of drug-likeness (QED) is 0.645. The number of benzene rings is 1. The highest BCUT2D eigenvalue weighted by atomic mass is 19.1. The average Bonchev–Trinajstić information content (AvgIpc) is 3.16. The maximum Gasteiger partial charge on any atom is 0.255 e. The molecule has 1 fully saturated rings. The predicted molar refractivity (Wildman–Crippen MR) is 112 cm³/mol. The van der Waals surface area contributed by atoms with Gasteiger partial charge in [0.25, 0.3) is 5.91 Å². The van der Waals surface area contributed by atoms with Gasteiger partial charge in [-0.15, -0.1) is 0 Å². The Morgan fingerprint density at radius 1 is 1.13 bits per heavy atom. The lowest BCUT2D eigenvalue weighted by Gasteiger charge is -2.34. The lowest BCUT2D eigenvalue weighted by atomic mass is 10.1. The Hall–Kier alpha value is -3.40. The van der Waals surface area contributed by atoms with Gasteiger partial charge in [-0.1, -0.05) is 0 Å². The first-order valence-electron chi connectivity index (χ1n) is 10.0. The molecule has 0 atom stereocenters. The van der Waals surface area contributed by atoms with E-state index in [4.69, 9.17) is 0 Å². The molecule has 10 heteroatoms. The van der Waals surface area contributed by atoms with Gasteiger partial charge in [-0.25, -0.2) is 18.7 Å². The number of nitrogens with zero attached hydrogens (tertiary/aromatic N) is 6. The van der Waals surface area contributed by atoms with E-state index in [2.05, 4.69) is 30.2 Å². The van der Waals surface area contributed by atoms with Crippen molar-refractivity contribution in [3.8, 4) is 11.3 Å². The summed E-state index contributed by atoms with van der Waals surface area (Å²) in [6, 6.07) is 5.01. The second kappa shape index (κ2) is 9.17. The molecule has 0 unspecified atom stereocenters. The van der Waals surface area contributed by atoms with E-state index in [1.54, 1.807) is 25.5 Å². The van der Waals surface area contributed by atoms with E-state index in [-0.39, 0.29) is 22.7 Å². The van der Waals surface area contributed by atoms with Crippen LogP contribution in [-0.4, -0.2) is 69.8 Å². The molecule has 31 heavy (non-hydrogen) atoms. The summed E-state index contributed by atoms with van der Waals surface area (Å²) < 4.78 is 28.9. The molecule has 1 saturated heterocycles.